The van der Waals surface area contributed by atoms with Crippen molar-refractivity contribution in [2.24, 2.45) is 0 Å². The summed E-state index contributed by atoms with van der Waals surface area (Å²) in [6.07, 6.45) is 4.21. The lowest BCUT2D eigenvalue weighted by Gasteiger charge is -2.20. The second kappa shape index (κ2) is 13.0. The maximum Gasteiger partial charge on any atom is 0.145 e. The van der Waals surface area contributed by atoms with Crippen LogP contribution in [0.1, 0.15) is 39.5 Å². The van der Waals surface area contributed by atoms with Crippen LogP contribution in [0.4, 0.5) is 5.69 Å². The molecule has 2 aromatic carbocycles. The lowest BCUT2D eigenvalue weighted by atomic mass is 10.1. The van der Waals surface area contributed by atoms with Crippen LogP contribution < -0.4 is 10.1 Å². The summed E-state index contributed by atoms with van der Waals surface area (Å²) in [6.45, 7) is 6.87. The number of nitrogens with zero attached hydrogens (tertiary/aromatic N) is 1. The molecule has 0 aliphatic rings. The molecule has 1 heterocycles. The van der Waals surface area contributed by atoms with Gasteiger partial charge < -0.3 is 19.5 Å². The zero-order chi connectivity index (χ0) is 22.6. The highest BCUT2D eigenvalue weighted by Crippen LogP contribution is 2.25. The second-order valence-corrected chi connectivity index (χ2v) is 7.98. The number of fused-ring (bicyclic) bond motifs is 1. The zero-order valence-electron chi connectivity index (χ0n) is 19.6. The summed E-state index contributed by atoms with van der Waals surface area (Å²) < 4.78 is 17.9. The standard InChI is InChI=1S/C27H36N2O3/c1-4-6-16-30-19-25(20-31-17-7-5-2)32-24-14-10-22-11-15-26(29-27(22)18-24)21-8-12-23(28-3)13-9-21/h8-15,18,25,28H,4-7,16-17,19-20H2,1-3H3. The minimum atomic E-state index is -0.140. The lowest BCUT2D eigenvalue weighted by Crippen LogP contribution is -2.29. The maximum absolute atomic E-state index is 6.26. The molecule has 32 heavy (non-hydrogen) atoms. The Kier molecular flexibility index (Phi) is 9.79. The van der Waals surface area contributed by atoms with Gasteiger partial charge in [0, 0.05) is 43.0 Å². The number of hydrogen-bond acceptors (Lipinski definition) is 5. The third-order valence-corrected chi connectivity index (χ3v) is 5.33. The molecule has 3 rings (SSSR count). The van der Waals surface area contributed by atoms with E-state index in [1.807, 2.05) is 19.2 Å². The fraction of sp³-hybridized carbons (Fsp3) is 0.444. The molecule has 5 heteroatoms. The van der Waals surface area contributed by atoms with Crippen molar-refractivity contribution in [1.82, 2.24) is 4.98 Å². The van der Waals surface area contributed by atoms with Crippen molar-refractivity contribution >= 4 is 16.6 Å². The van der Waals surface area contributed by atoms with Gasteiger partial charge in [-0.15, -0.1) is 0 Å². The van der Waals surface area contributed by atoms with Gasteiger partial charge in [0.1, 0.15) is 11.9 Å². The zero-order valence-corrected chi connectivity index (χ0v) is 19.6. The summed E-state index contributed by atoms with van der Waals surface area (Å²) in [5, 5.41) is 4.23. The van der Waals surface area contributed by atoms with Gasteiger partial charge in [-0.3, -0.25) is 0 Å². The highest BCUT2D eigenvalue weighted by Gasteiger charge is 2.13. The molecule has 0 saturated carbocycles. The fourth-order valence-corrected chi connectivity index (χ4v) is 3.37. The summed E-state index contributed by atoms with van der Waals surface area (Å²) in [5.74, 6) is 0.788. The number of unbranched alkanes of at least 4 members (excludes halogenated alkanes) is 2. The average molecular weight is 437 g/mol. The minimum Gasteiger partial charge on any atom is -0.486 e. The SMILES string of the molecule is CCCCOCC(COCCCC)Oc1ccc2ccc(-c3ccc(NC)cc3)nc2c1. The Hall–Kier alpha value is -2.63. The van der Waals surface area contributed by atoms with Gasteiger partial charge in [0.25, 0.3) is 0 Å². The summed E-state index contributed by atoms with van der Waals surface area (Å²) in [6, 6.07) is 18.5. The molecule has 0 amide bonds. The first-order valence-electron chi connectivity index (χ1n) is 11.7. The van der Waals surface area contributed by atoms with Crippen molar-refractivity contribution in [3.8, 4) is 17.0 Å². The quantitative estimate of drug-likeness (QED) is 0.300. The van der Waals surface area contributed by atoms with Crippen molar-refractivity contribution in [1.29, 1.82) is 0 Å². The van der Waals surface area contributed by atoms with Crippen LogP contribution in [0.15, 0.2) is 54.6 Å². The van der Waals surface area contributed by atoms with Crippen LogP contribution in [-0.4, -0.2) is 44.6 Å². The molecule has 0 aliphatic carbocycles. The Morgan fingerprint density at radius 3 is 2.12 bits per heavy atom. The molecule has 0 bridgehead atoms. The Labute approximate surface area is 192 Å². The Morgan fingerprint density at radius 2 is 1.50 bits per heavy atom. The van der Waals surface area contributed by atoms with Gasteiger partial charge in [-0.05, 0) is 43.2 Å². The van der Waals surface area contributed by atoms with E-state index >= 15 is 0 Å². The summed E-state index contributed by atoms with van der Waals surface area (Å²) in [7, 11) is 1.92. The lowest BCUT2D eigenvalue weighted by molar-refractivity contribution is -0.00731. The first kappa shape index (κ1) is 24.0. The van der Waals surface area contributed by atoms with Gasteiger partial charge in [-0.25, -0.2) is 4.98 Å². The van der Waals surface area contributed by atoms with Gasteiger partial charge in [-0.1, -0.05) is 44.9 Å². The van der Waals surface area contributed by atoms with Crippen molar-refractivity contribution < 1.29 is 14.2 Å². The molecule has 0 aliphatic heterocycles. The number of hydrogen-bond donors (Lipinski definition) is 1. The molecule has 3 aromatic rings. The molecule has 0 atom stereocenters. The number of pyridine rings is 1. The van der Waals surface area contributed by atoms with Gasteiger partial charge in [0.05, 0.1) is 24.4 Å². The van der Waals surface area contributed by atoms with Crippen LogP contribution in [0, 0.1) is 0 Å². The number of nitrogens with one attached hydrogen (secondary N) is 1. The Morgan fingerprint density at radius 1 is 0.844 bits per heavy atom. The van der Waals surface area contributed by atoms with Crippen LogP contribution in [0.5, 0.6) is 5.75 Å². The van der Waals surface area contributed by atoms with Gasteiger partial charge >= 0.3 is 0 Å². The monoisotopic (exact) mass is 436 g/mol. The topological polar surface area (TPSA) is 52.6 Å². The first-order valence-corrected chi connectivity index (χ1v) is 11.7. The van der Waals surface area contributed by atoms with Gasteiger partial charge in [0.2, 0.25) is 0 Å². The molecular formula is C27H36N2O3. The van der Waals surface area contributed by atoms with Crippen LogP contribution >= 0.6 is 0 Å². The van der Waals surface area contributed by atoms with Gasteiger partial charge in [-0.2, -0.15) is 0 Å². The van der Waals surface area contributed by atoms with Crippen LogP contribution in [0.3, 0.4) is 0 Å². The second-order valence-electron chi connectivity index (χ2n) is 7.98. The molecule has 0 unspecified atom stereocenters. The van der Waals surface area contributed by atoms with Crippen molar-refractivity contribution in [3.05, 3.63) is 54.6 Å². The summed E-state index contributed by atoms with van der Waals surface area (Å²) in [4.78, 5) is 4.88. The Balaban J connectivity index is 1.72. The maximum atomic E-state index is 6.26. The van der Waals surface area contributed by atoms with E-state index in [1.54, 1.807) is 0 Å². The third kappa shape index (κ3) is 7.21. The third-order valence-electron chi connectivity index (χ3n) is 5.33. The average Bonchev–Trinajstić information content (AvgIpc) is 2.84. The molecule has 0 saturated heterocycles. The number of rotatable bonds is 14. The number of anilines is 1. The molecule has 1 N–H and O–H groups in total. The molecule has 5 nitrogen and oxygen atoms in total. The number of benzene rings is 2. The summed E-state index contributed by atoms with van der Waals surface area (Å²) in [5.41, 5.74) is 4.03. The van der Waals surface area contributed by atoms with E-state index in [2.05, 4.69) is 61.6 Å². The molecule has 0 fully saturated rings. The van der Waals surface area contributed by atoms with E-state index in [1.165, 1.54) is 0 Å². The first-order chi connectivity index (χ1) is 15.7. The predicted octanol–water partition coefficient (Wildman–Crippen LogP) is 6.32. The molecule has 1 aromatic heterocycles. The van der Waals surface area contributed by atoms with E-state index in [0.717, 1.165) is 72.5 Å². The molecule has 172 valence electrons. The van der Waals surface area contributed by atoms with Crippen molar-refractivity contribution in [2.75, 3.05) is 38.8 Å². The Bertz CT molecular complexity index is 931. The van der Waals surface area contributed by atoms with Crippen LogP contribution in [-0.2, 0) is 9.47 Å². The highest BCUT2D eigenvalue weighted by molar-refractivity contribution is 5.83. The molecule has 0 spiro atoms. The summed E-state index contributed by atoms with van der Waals surface area (Å²) >= 11 is 0. The van der Waals surface area contributed by atoms with Crippen LogP contribution in [0.2, 0.25) is 0 Å². The van der Waals surface area contributed by atoms with E-state index in [9.17, 15) is 0 Å². The number of aromatic nitrogens is 1. The fourth-order valence-electron chi connectivity index (χ4n) is 3.37. The van der Waals surface area contributed by atoms with E-state index < -0.39 is 0 Å². The smallest absolute Gasteiger partial charge is 0.145 e. The predicted molar refractivity (Wildman–Crippen MR) is 133 cm³/mol. The molecular weight excluding hydrogens is 400 g/mol. The normalized spacial score (nSPS) is 11.2. The van der Waals surface area contributed by atoms with Crippen molar-refractivity contribution in [2.45, 2.75) is 45.6 Å². The largest absolute Gasteiger partial charge is 0.486 e. The highest BCUT2D eigenvalue weighted by atomic mass is 16.6. The molecule has 0 radical (unpaired) electrons. The minimum absolute atomic E-state index is 0.140. The van der Waals surface area contributed by atoms with Crippen LogP contribution in [0.25, 0.3) is 22.2 Å². The van der Waals surface area contributed by atoms with Crippen molar-refractivity contribution in [3.63, 3.8) is 0 Å². The van der Waals surface area contributed by atoms with E-state index in [-0.39, 0.29) is 6.10 Å². The van der Waals surface area contributed by atoms with E-state index in [4.69, 9.17) is 19.2 Å². The van der Waals surface area contributed by atoms with E-state index in [0.29, 0.717) is 13.2 Å². The number of ether oxygens (including phenoxy) is 3. The van der Waals surface area contributed by atoms with Gasteiger partial charge in [0.15, 0.2) is 0 Å².